The fourth-order valence-electron chi connectivity index (χ4n) is 4.32. The zero-order valence-electron chi connectivity index (χ0n) is 21.3. The summed E-state index contributed by atoms with van der Waals surface area (Å²) >= 11 is 0. The van der Waals surface area contributed by atoms with Gasteiger partial charge in [0.2, 0.25) is 0 Å². The minimum atomic E-state index is -0.382. The van der Waals surface area contributed by atoms with Gasteiger partial charge in [-0.1, -0.05) is 13.0 Å². The predicted molar refractivity (Wildman–Crippen MR) is 137 cm³/mol. The third-order valence-corrected chi connectivity index (χ3v) is 6.32. The van der Waals surface area contributed by atoms with Crippen LogP contribution >= 0.6 is 0 Å². The molecule has 0 aliphatic carbocycles. The smallest absolute Gasteiger partial charge is 0.327 e. The number of nitrogens with one attached hydrogen (secondary N) is 1. The Bertz CT molecular complexity index is 1090. The van der Waals surface area contributed by atoms with Crippen LogP contribution < -0.4 is 10.2 Å². The molecule has 0 atom stereocenters. The number of piperidine rings is 1. The first-order valence-electron chi connectivity index (χ1n) is 12.4. The van der Waals surface area contributed by atoms with Crippen LogP contribution in [-0.4, -0.2) is 60.1 Å². The predicted octanol–water partition coefficient (Wildman–Crippen LogP) is 3.61. The second-order valence-electron chi connectivity index (χ2n) is 9.12. The summed E-state index contributed by atoms with van der Waals surface area (Å²) in [5, 5.41) is 22.2. The molecule has 0 bridgehead atoms. The van der Waals surface area contributed by atoms with Gasteiger partial charge >= 0.3 is 6.03 Å². The van der Waals surface area contributed by atoms with E-state index in [1.165, 1.54) is 4.90 Å². The molecule has 1 saturated heterocycles. The van der Waals surface area contributed by atoms with Crippen molar-refractivity contribution in [3.05, 3.63) is 58.1 Å². The van der Waals surface area contributed by atoms with Gasteiger partial charge in [-0.15, -0.1) is 0 Å². The molecule has 2 N–H and O–H groups in total. The Morgan fingerprint density at radius 3 is 2.75 bits per heavy atom. The minimum Gasteiger partial charge on any atom is -0.489 e. The van der Waals surface area contributed by atoms with Crippen molar-refractivity contribution >= 4 is 18.1 Å². The molecule has 2 aliphatic heterocycles. The Hall–Kier alpha value is -3.48. The first-order valence-corrected chi connectivity index (χ1v) is 12.4. The van der Waals surface area contributed by atoms with Crippen molar-refractivity contribution in [1.82, 2.24) is 15.2 Å². The van der Waals surface area contributed by atoms with Gasteiger partial charge in [-0.3, -0.25) is 9.69 Å². The number of urea groups is 1. The van der Waals surface area contributed by atoms with Crippen molar-refractivity contribution in [1.29, 1.82) is 5.26 Å². The fourth-order valence-corrected chi connectivity index (χ4v) is 4.32. The molecule has 0 unspecified atom stereocenters. The van der Waals surface area contributed by atoms with Crippen molar-refractivity contribution in [3.8, 4) is 6.07 Å². The molecule has 0 spiro atoms. The number of amides is 2. The molecule has 3 heterocycles. The molecular weight excluding hydrogens is 458 g/mol. The number of aryl methyl sites for hydroxylation is 1. The Kier molecular flexibility index (Phi) is 9.79. The maximum Gasteiger partial charge on any atom is 0.327 e. The lowest BCUT2D eigenvalue weighted by Gasteiger charge is -2.30. The van der Waals surface area contributed by atoms with Crippen molar-refractivity contribution in [2.75, 3.05) is 31.6 Å². The monoisotopic (exact) mass is 493 g/mol. The average Bonchev–Trinajstić information content (AvgIpc) is 2.88. The molecule has 9 heteroatoms. The first kappa shape index (κ1) is 27.1. The molecule has 1 aromatic heterocycles. The van der Waals surface area contributed by atoms with Crippen molar-refractivity contribution < 1.29 is 19.4 Å². The van der Waals surface area contributed by atoms with Crippen molar-refractivity contribution in [3.63, 3.8) is 0 Å². The van der Waals surface area contributed by atoms with Gasteiger partial charge in [0.25, 0.3) is 0 Å². The molecule has 0 saturated carbocycles. The van der Waals surface area contributed by atoms with Crippen LogP contribution in [0.4, 0.5) is 10.6 Å². The number of hydrogen-bond donors (Lipinski definition) is 2. The summed E-state index contributed by atoms with van der Waals surface area (Å²) in [7, 11) is 2.08. The number of pyridine rings is 1. The van der Waals surface area contributed by atoms with Crippen LogP contribution in [-0.2, 0) is 17.8 Å². The summed E-state index contributed by atoms with van der Waals surface area (Å²) in [4.78, 5) is 32.8. The highest BCUT2D eigenvalue weighted by Crippen LogP contribution is 2.27. The maximum absolute atomic E-state index is 13.2. The van der Waals surface area contributed by atoms with Crippen LogP contribution in [0.15, 0.2) is 41.3 Å². The Morgan fingerprint density at radius 1 is 1.36 bits per heavy atom. The molecule has 2 aliphatic rings. The number of allylic oxidation sites excluding steroid dienone is 5. The second-order valence-corrected chi connectivity index (χ2v) is 9.12. The van der Waals surface area contributed by atoms with Gasteiger partial charge in [-0.25, -0.2) is 9.78 Å². The van der Waals surface area contributed by atoms with Crippen LogP contribution in [0, 0.1) is 11.3 Å². The van der Waals surface area contributed by atoms with E-state index in [4.69, 9.17) is 4.74 Å². The number of rotatable bonds is 8. The third-order valence-electron chi connectivity index (χ3n) is 6.32. The van der Waals surface area contributed by atoms with Crippen LogP contribution in [0.2, 0.25) is 0 Å². The van der Waals surface area contributed by atoms with E-state index in [0.717, 1.165) is 44.3 Å². The standard InChI is InChI=1S/C27H35N5O4/c1-4-5-7-21(16-28)25(36-23-9-12-31(3)13-10-23)14-19(2)29-27(35)32-11-6-8-20-15-22(17-33)24(18-34)30-26(20)32/h5,7,14-15,18,23,33H,4,6,8-13,17H2,1-3H3,(H,29,35)/b7-5+,19-14+,25-21-. The van der Waals surface area contributed by atoms with Gasteiger partial charge in [0.05, 0.1) is 12.2 Å². The highest BCUT2D eigenvalue weighted by atomic mass is 16.5. The molecule has 0 radical (unpaired) electrons. The lowest BCUT2D eigenvalue weighted by Crippen LogP contribution is -2.43. The van der Waals surface area contributed by atoms with E-state index in [0.29, 0.717) is 47.7 Å². The van der Waals surface area contributed by atoms with E-state index in [9.17, 15) is 20.0 Å². The number of aromatic nitrogens is 1. The van der Waals surface area contributed by atoms with Gasteiger partial charge in [-0.2, -0.15) is 5.26 Å². The Balaban J connectivity index is 1.84. The zero-order chi connectivity index (χ0) is 26.1. The third kappa shape index (κ3) is 6.80. The van der Waals surface area contributed by atoms with E-state index < -0.39 is 0 Å². The molecule has 1 aromatic rings. The van der Waals surface area contributed by atoms with E-state index in [1.807, 2.05) is 13.0 Å². The SMILES string of the molecule is CC/C=C/C(C#N)=C(\C=C(/C)NC(=O)N1CCCc2cc(CO)c(C=O)nc21)OC1CCN(C)CC1. The van der Waals surface area contributed by atoms with E-state index in [2.05, 4.69) is 28.3 Å². The number of fused-ring (bicyclic) bond motifs is 1. The molecule has 0 aromatic carbocycles. The number of hydrogen-bond acceptors (Lipinski definition) is 7. The summed E-state index contributed by atoms with van der Waals surface area (Å²) in [5.41, 5.74) is 2.32. The summed E-state index contributed by atoms with van der Waals surface area (Å²) in [6.45, 7) is 5.75. The molecule has 36 heavy (non-hydrogen) atoms. The highest BCUT2D eigenvalue weighted by Gasteiger charge is 2.26. The number of aldehydes is 1. The number of nitriles is 1. The second kappa shape index (κ2) is 13.0. The van der Waals surface area contributed by atoms with Crippen LogP contribution in [0.25, 0.3) is 0 Å². The minimum absolute atomic E-state index is 0.00465. The number of anilines is 1. The lowest BCUT2D eigenvalue weighted by molar-refractivity contribution is 0.0633. The van der Waals surface area contributed by atoms with Gasteiger partial charge in [0.15, 0.2) is 6.29 Å². The van der Waals surface area contributed by atoms with Crippen molar-refractivity contribution in [2.24, 2.45) is 0 Å². The number of carbonyl (C=O) groups excluding carboxylic acids is 2. The summed E-state index contributed by atoms with van der Waals surface area (Å²) in [6, 6.07) is 3.58. The number of aliphatic hydroxyl groups is 1. The molecule has 192 valence electrons. The van der Waals surface area contributed by atoms with Gasteiger partial charge < -0.3 is 20.1 Å². The lowest BCUT2D eigenvalue weighted by atomic mass is 10.0. The fraction of sp³-hybridized carbons (Fsp3) is 0.481. The number of carbonyl (C=O) groups is 2. The molecule has 2 amide bonds. The molecular formula is C27H35N5O4. The number of aliphatic hydroxyl groups excluding tert-OH is 1. The van der Waals surface area contributed by atoms with E-state index in [-0.39, 0.29) is 24.4 Å². The quantitative estimate of drug-likeness (QED) is 0.246. The molecule has 9 nitrogen and oxygen atoms in total. The normalized spacial score (nSPS) is 17.9. The molecule has 3 rings (SSSR count). The summed E-state index contributed by atoms with van der Waals surface area (Å²) in [5.74, 6) is 0.857. The van der Waals surface area contributed by atoms with Gasteiger partial charge in [0, 0.05) is 37.0 Å². The van der Waals surface area contributed by atoms with E-state index in [1.54, 1.807) is 25.1 Å². The zero-order valence-corrected chi connectivity index (χ0v) is 21.3. The van der Waals surface area contributed by atoms with E-state index >= 15 is 0 Å². The Labute approximate surface area is 212 Å². The van der Waals surface area contributed by atoms with Gasteiger partial charge in [-0.05, 0) is 63.8 Å². The topological polar surface area (TPSA) is 119 Å². The maximum atomic E-state index is 13.2. The average molecular weight is 494 g/mol. The number of nitrogens with zero attached hydrogens (tertiary/aromatic N) is 4. The number of ether oxygens (including phenoxy) is 1. The first-order chi connectivity index (χ1) is 17.4. The van der Waals surface area contributed by atoms with Crippen LogP contribution in [0.5, 0.6) is 0 Å². The van der Waals surface area contributed by atoms with Crippen LogP contribution in [0.3, 0.4) is 0 Å². The molecule has 1 fully saturated rings. The highest BCUT2D eigenvalue weighted by molar-refractivity contribution is 5.93. The summed E-state index contributed by atoms with van der Waals surface area (Å²) in [6.07, 6.45) is 9.89. The Morgan fingerprint density at radius 2 is 2.11 bits per heavy atom. The van der Waals surface area contributed by atoms with Crippen molar-refractivity contribution in [2.45, 2.75) is 58.7 Å². The summed E-state index contributed by atoms with van der Waals surface area (Å²) < 4.78 is 6.26. The number of likely N-dealkylation sites (tertiary alicyclic amines) is 1. The largest absolute Gasteiger partial charge is 0.489 e. The van der Waals surface area contributed by atoms with Crippen LogP contribution in [0.1, 0.15) is 61.1 Å². The van der Waals surface area contributed by atoms with Gasteiger partial charge in [0.1, 0.15) is 29.4 Å².